The summed E-state index contributed by atoms with van der Waals surface area (Å²) >= 11 is 0. The summed E-state index contributed by atoms with van der Waals surface area (Å²) in [6.07, 6.45) is 5.85. The highest BCUT2D eigenvalue weighted by molar-refractivity contribution is 6.11. The molecule has 0 saturated heterocycles. The van der Waals surface area contributed by atoms with Gasteiger partial charge in [-0.25, -0.2) is 4.98 Å². The number of allylic oxidation sites excluding steroid dienone is 1. The SMILES string of the molecule is CC=Cc1ccnc2c(N)nc3ccccc3c12. The number of pyridine rings is 2. The lowest BCUT2D eigenvalue weighted by molar-refractivity contribution is 1.36. The second-order valence-corrected chi connectivity index (χ2v) is 4.14. The second-order valence-electron chi connectivity index (χ2n) is 4.14. The molecule has 3 rings (SSSR count). The Labute approximate surface area is 105 Å². The van der Waals surface area contributed by atoms with Crippen molar-refractivity contribution >= 4 is 33.7 Å². The first kappa shape index (κ1) is 10.7. The van der Waals surface area contributed by atoms with Crippen LogP contribution in [0.25, 0.3) is 27.9 Å². The lowest BCUT2D eigenvalue weighted by Crippen LogP contribution is -1.96. The second kappa shape index (κ2) is 4.11. The molecule has 0 bridgehead atoms. The molecule has 3 heteroatoms. The molecule has 0 unspecified atom stereocenters. The van der Waals surface area contributed by atoms with E-state index in [1.807, 2.05) is 37.3 Å². The highest BCUT2D eigenvalue weighted by Gasteiger charge is 2.09. The van der Waals surface area contributed by atoms with Gasteiger partial charge < -0.3 is 5.73 Å². The Bertz CT molecular complexity index is 760. The van der Waals surface area contributed by atoms with Gasteiger partial charge in [0.15, 0.2) is 5.82 Å². The van der Waals surface area contributed by atoms with Gasteiger partial charge in [0.1, 0.15) is 5.52 Å². The molecule has 0 fully saturated rings. The van der Waals surface area contributed by atoms with Crippen LogP contribution in [0.1, 0.15) is 12.5 Å². The summed E-state index contributed by atoms with van der Waals surface area (Å²) in [5.41, 5.74) is 8.78. The van der Waals surface area contributed by atoms with Gasteiger partial charge in [-0.3, -0.25) is 4.98 Å². The summed E-state index contributed by atoms with van der Waals surface area (Å²) in [6.45, 7) is 2.00. The Balaban J connectivity index is 2.59. The average molecular weight is 235 g/mol. The zero-order valence-electron chi connectivity index (χ0n) is 10.1. The number of anilines is 1. The molecule has 0 aliphatic rings. The molecule has 0 aliphatic carbocycles. The van der Waals surface area contributed by atoms with Crippen LogP contribution in [0.2, 0.25) is 0 Å². The minimum Gasteiger partial charge on any atom is -0.382 e. The van der Waals surface area contributed by atoms with Gasteiger partial charge in [0.05, 0.1) is 5.52 Å². The van der Waals surface area contributed by atoms with E-state index in [9.17, 15) is 0 Å². The number of nitrogen functional groups attached to an aromatic ring is 1. The third kappa shape index (κ3) is 1.52. The third-order valence-electron chi connectivity index (χ3n) is 2.99. The van der Waals surface area contributed by atoms with Crippen molar-refractivity contribution < 1.29 is 0 Å². The molecule has 18 heavy (non-hydrogen) atoms. The van der Waals surface area contributed by atoms with E-state index in [0.717, 1.165) is 27.4 Å². The van der Waals surface area contributed by atoms with Crippen molar-refractivity contribution in [1.29, 1.82) is 0 Å². The largest absolute Gasteiger partial charge is 0.382 e. The number of hydrogen-bond acceptors (Lipinski definition) is 3. The summed E-state index contributed by atoms with van der Waals surface area (Å²) in [7, 11) is 0. The van der Waals surface area contributed by atoms with Crippen molar-refractivity contribution in [2.75, 3.05) is 5.73 Å². The van der Waals surface area contributed by atoms with Gasteiger partial charge in [0.25, 0.3) is 0 Å². The van der Waals surface area contributed by atoms with E-state index in [1.54, 1.807) is 6.20 Å². The van der Waals surface area contributed by atoms with Crippen LogP contribution in [0, 0.1) is 0 Å². The van der Waals surface area contributed by atoms with Gasteiger partial charge >= 0.3 is 0 Å². The van der Waals surface area contributed by atoms with Gasteiger partial charge in [-0.15, -0.1) is 0 Å². The molecule has 3 aromatic rings. The van der Waals surface area contributed by atoms with Crippen LogP contribution in [0.15, 0.2) is 42.6 Å². The maximum atomic E-state index is 5.99. The number of rotatable bonds is 1. The molecule has 0 spiro atoms. The van der Waals surface area contributed by atoms with Crippen molar-refractivity contribution in [3.63, 3.8) is 0 Å². The first-order chi connectivity index (χ1) is 8.81. The first-order valence-electron chi connectivity index (χ1n) is 5.87. The zero-order chi connectivity index (χ0) is 12.5. The lowest BCUT2D eigenvalue weighted by Gasteiger charge is -2.08. The van der Waals surface area contributed by atoms with E-state index in [2.05, 4.69) is 22.1 Å². The maximum Gasteiger partial charge on any atom is 0.150 e. The quantitative estimate of drug-likeness (QED) is 0.658. The highest BCUT2D eigenvalue weighted by Crippen LogP contribution is 2.29. The number of nitrogens with two attached hydrogens (primary N) is 1. The van der Waals surface area contributed by atoms with Crippen molar-refractivity contribution in [2.24, 2.45) is 0 Å². The Morgan fingerprint density at radius 1 is 1.17 bits per heavy atom. The van der Waals surface area contributed by atoms with E-state index in [-0.39, 0.29) is 0 Å². The Morgan fingerprint density at radius 3 is 2.83 bits per heavy atom. The molecule has 1 aromatic carbocycles. The summed E-state index contributed by atoms with van der Waals surface area (Å²) in [5, 5.41) is 2.15. The Hall–Kier alpha value is -2.42. The van der Waals surface area contributed by atoms with Crippen molar-refractivity contribution in [3.8, 4) is 0 Å². The van der Waals surface area contributed by atoms with Gasteiger partial charge in [-0.1, -0.05) is 30.4 Å². The fourth-order valence-electron chi connectivity index (χ4n) is 2.24. The van der Waals surface area contributed by atoms with E-state index in [4.69, 9.17) is 5.73 Å². The van der Waals surface area contributed by atoms with Crippen LogP contribution in [0.4, 0.5) is 5.82 Å². The molecule has 0 radical (unpaired) electrons. The van der Waals surface area contributed by atoms with Crippen LogP contribution in [-0.4, -0.2) is 9.97 Å². The van der Waals surface area contributed by atoms with Gasteiger partial charge in [0.2, 0.25) is 0 Å². The smallest absolute Gasteiger partial charge is 0.150 e. The maximum absolute atomic E-state index is 5.99. The van der Waals surface area contributed by atoms with Crippen molar-refractivity contribution in [1.82, 2.24) is 9.97 Å². The fraction of sp³-hybridized carbons (Fsp3) is 0.0667. The van der Waals surface area contributed by atoms with Gasteiger partial charge in [-0.2, -0.15) is 0 Å². The Kier molecular flexibility index (Phi) is 2.45. The Morgan fingerprint density at radius 2 is 2.00 bits per heavy atom. The molecule has 0 amide bonds. The van der Waals surface area contributed by atoms with E-state index in [0.29, 0.717) is 5.82 Å². The normalized spacial score (nSPS) is 11.6. The summed E-state index contributed by atoms with van der Waals surface area (Å²) < 4.78 is 0. The molecule has 2 N–H and O–H groups in total. The monoisotopic (exact) mass is 235 g/mol. The number of fused-ring (bicyclic) bond motifs is 3. The van der Waals surface area contributed by atoms with Gasteiger partial charge in [-0.05, 0) is 24.6 Å². The number of nitrogens with zero attached hydrogens (tertiary/aromatic N) is 2. The molecular formula is C15H13N3. The predicted molar refractivity (Wildman–Crippen MR) is 76.2 cm³/mol. The zero-order valence-corrected chi connectivity index (χ0v) is 10.1. The van der Waals surface area contributed by atoms with Crippen LogP contribution in [-0.2, 0) is 0 Å². The topological polar surface area (TPSA) is 51.8 Å². The molecule has 2 heterocycles. The summed E-state index contributed by atoms with van der Waals surface area (Å²) in [4.78, 5) is 8.75. The minimum absolute atomic E-state index is 0.482. The molecule has 0 atom stereocenters. The van der Waals surface area contributed by atoms with E-state index in [1.165, 1.54) is 0 Å². The number of hydrogen-bond donors (Lipinski definition) is 1. The van der Waals surface area contributed by atoms with Crippen LogP contribution in [0.5, 0.6) is 0 Å². The molecule has 0 aliphatic heterocycles. The minimum atomic E-state index is 0.482. The average Bonchev–Trinajstić information content (AvgIpc) is 2.40. The fourth-order valence-corrected chi connectivity index (χ4v) is 2.24. The number of benzene rings is 1. The number of para-hydroxylation sites is 1. The van der Waals surface area contributed by atoms with E-state index < -0.39 is 0 Å². The van der Waals surface area contributed by atoms with Crippen molar-refractivity contribution in [3.05, 3.63) is 48.2 Å². The van der Waals surface area contributed by atoms with Crippen LogP contribution in [0.3, 0.4) is 0 Å². The molecule has 88 valence electrons. The first-order valence-corrected chi connectivity index (χ1v) is 5.87. The van der Waals surface area contributed by atoms with Crippen LogP contribution < -0.4 is 5.73 Å². The molecular weight excluding hydrogens is 222 g/mol. The van der Waals surface area contributed by atoms with E-state index >= 15 is 0 Å². The molecule has 3 nitrogen and oxygen atoms in total. The summed E-state index contributed by atoms with van der Waals surface area (Å²) in [5.74, 6) is 0.482. The van der Waals surface area contributed by atoms with Crippen molar-refractivity contribution in [2.45, 2.75) is 6.92 Å². The standard InChI is InChI=1S/C15H13N3/c1-2-5-10-8-9-17-14-13(10)11-6-3-4-7-12(11)18-15(14)16/h2-9H,1H3,(H2,16,18). The van der Waals surface area contributed by atoms with Crippen LogP contribution >= 0.6 is 0 Å². The predicted octanol–water partition coefficient (Wildman–Crippen LogP) is 3.40. The lowest BCUT2D eigenvalue weighted by atomic mass is 10.0. The van der Waals surface area contributed by atoms with Gasteiger partial charge in [0, 0.05) is 17.0 Å². The number of aromatic nitrogens is 2. The third-order valence-corrected chi connectivity index (χ3v) is 2.99. The molecule has 2 aromatic heterocycles. The molecule has 0 saturated carbocycles. The highest BCUT2D eigenvalue weighted by atomic mass is 14.9. The summed E-state index contributed by atoms with van der Waals surface area (Å²) in [6, 6.07) is 9.99.